The first-order valence-corrected chi connectivity index (χ1v) is 11.1. The first-order valence-electron chi connectivity index (χ1n) is 11.1. The Morgan fingerprint density at radius 1 is 1.23 bits per heavy atom. The van der Waals surface area contributed by atoms with Crippen molar-refractivity contribution in [3.63, 3.8) is 0 Å². The number of carbonyl (C=O) groups excluding carboxylic acids is 1. The highest BCUT2D eigenvalue weighted by molar-refractivity contribution is 5.78. The normalized spacial score (nSPS) is 24.1. The molecular formula is C24H32FN3O2. The number of likely N-dealkylation sites (tertiary alicyclic amines) is 1. The van der Waals surface area contributed by atoms with Crippen molar-refractivity contribution in [1.82, 2.24) is 15.2 Å². The maximum absolute atomic E-state index is 13.4. The second kappa shape index (κ2) is 8.50. The molecule has 6 heteroatoms. The minimum Gasteiger partial charge on any atom is -0.444 e. The lowest BCUT2D eigenvalue weighted by molar-refractivity contribution is 0.0104. The van der Waals surface area contributed by atoms with Crippen molar-refractivity contribution in [1.29, 1.82) is 0 Å². The number of halogens is 1. The van der Waals surface area contributed by atoms with Crippen molar-refractivity contribution >= 4 is 17.0 Å². The Morgan fingerprint density at radius 2 is 2.03 bits per heavy atom. The van der Waals surface area contributed by atoms with E-state index in [4.69, 9.17) is 4.74 Å². The highest BCUT2D eigenvalue weighted by Gasteiger charge is 2.45. The summed E-state index contributed by atoms with van der Waals surface area (Å²) in [5.74, 6) is 0.326. The van der Waals surface area contributed by atoms with E-state index in [1.807, 2.05) is 37.8 Å². The molecule has 30 heavy (non-hydrogen) atoms. The van der Waals surface area contributed by atoms with Gasteiger partial charge in [-0.2, -0.15) is 0 Å². The summed E-state index contributed by atoms with van der Waals surface area (Å²) in [5.41, 5.74) is 1.21. The fourth-order valence-corrected chi connectivity index (χ4v) is 4.95. The second-order valence-corrected chi connectivity index (χ2v) is 9.66. The molecule has 2 aliphatic rings. The van der Waals surface area contributed by atoms with E-state index in [1.165, 1.54) is 31.4 Å². The quantitative estimate of drug-likeness (QED) is 0.764. The first-order chi connectivity index (χ1) is 14.3. The second-order valence-electron chi connectivity index (χ2n) is 9.66. The molecule has 1 saturated heterocycles. The monoisotopic (exact) mass is 413 g/mol. The molecule has 1 aliphatic carbocycles. The lowest BCUT2D eigenvalue weighted by Gasteiger charge is -2.35. The molecule has 1 saturated carbocycles. The fourth-order valence-electron chi connectivity index (χ4n) is 4.95. The van der Waals surface area contributed by atoms with Crippen LogP contribution in [0, 0.1) is 11.7 Å². The number of aromatic nitrogens is 1. The van der Waals surface area contributed by atoms with Crippen LogP contribution in [0.5, 0.6) is 0 Å². The molecule has 1 aromatic heterocycles. The third-order valence-corrected chi connectivity index (χ3v) is 6.19. The van der Waals surface area contributed by atoms with Crippen LogP contribution in [0.15, 0.2) is 30.3 Å². The predicted molar refractivity (Wildman–Crippen MR) is 116 cm³/mol. The SMILES string of the molecule is CC(C)(C)OC(=O)N1[C@H](CNCc2ccc3cc(F)ccc3n2)C[C@@H]2CCCC[C@@H]21. The van der Waals surface area contributed by atoms with E-state index < -0.39 is 5.60 Å². The smallest absolute Gasteiger partial charge is 0.410 e. The molecule has 4 rings (SSSR count). The highest BCUT2D eigenvalue weighted by atomic mass is 19.1. The highest BCUT2D eigenvalue weighted by Crippen LogP contribution is 2.40. The summed E-state index contributed by atoms with van der Waals surface area (Å²) in [6, 6.07) is 8.91. The number of rotatable bonds is 4. The topological polar surface area (TPSA) is 54.5 Å². The number of nitrogens with one attached hydrogen (secondary N) is 1. The van der Waals surface area contributed by atoms with Crippen LogP contribution in [0.4, 0.5) is 9.18 Å². The van der Waals surface area contributed by atoms with Crippen molar-refractivity contribution in [2.24, 2.45) is 5.92 Å². The zero-order chi connectivity index (χ0) is 21.3. The summed E-state index contributed by atoms with van der Waals surface area (Å²) in [6.07, 6.45) is 5.55. The van der Waals surface area contributed by atoms with E-state index in [9.17, 15) is 9.18 Å². The zero-order valence-electron chi connectivity index (χ0n) is 18.2. The van der Waals surface area contributed by atoms with Crippen LogP contribution < -0.4 is 5.32 Å². The van der Waals surface area contributed by atoms with E-state index >= 15 is 0 Å². The van der Waals surface area contributed by atoms with Gasteiger partial charge in [0.15, 0.2) is 0 Å². The van der Waals surface area contributed by atoms with Crippen molar-refractivity contribution < 1.29 is 13.9 Å². The van der Waals surface area contributed by atoms with Crippen LogP contribution in [0.1, 0.15) is 58.6 Å². The molecular weight excluding hydrogens is 381 g/mol. The number of hydrogen-bond donors (Lipinski definition) is 1. The van der Waals surface area contributed by atoms with Gasteiger partial charge in [-0.15, -0.1) is 0 Å². The first kappa shape index (κ1) is 21.0. The van der Waals surface area contributed by atoms with Gasteiger partial charge >= 0.3 is 6.09 Å². The average molecular weight is 414 g/mol. The molecule has 2 aromatic rings. The number of ether oxygens (including phenoxy) is 1. The Morgan fingerprint density at radius 3 is 2.83 bits per heavy atom. The van der Waals surface area contributed by atoms with Crippen LogP contribution in [0.25, 0.3) is 10.9 Å². The molecule has 2 fully saturated rings. The molecule has 0 spiro atoms. The zero-order valence-corrected chi connectivity index (χ0v) is 18.2. The third kappa shape index (κ3) is 4.75. The third-order valence-electron chi connectivity index (χ3n) is 6.19. The minimum absolute atomic E-state index is 0.141. The maximum Gasteiger partial charge on any atom is 0.410 e. The molecule has 5 nitrogen and oxygen atoms in total. The summed E-state index contributed by atoms with van der Waals surface area (Å²) in [4.78, 5) is 19.6. The molecule has 0 bridgehead atoms. The minimum atomic E-state index is -0.490. The van der Waals surface area contributed by atoms with Gasteiger partial charge < -0.3 is 15.0 Å². The van der Waals surface area contributed by atoms with E-state index in [1.54, 1.807) is 6.07 Å². The van der Waals surface area contributed by atoms with Gasteiger partial charge in [0.2, 0.25) is 0 Å². The van der Waals surface area contributed by atoms with Gasteiger partial charge in [0.25, 0.3) is 0 Å². The Labute approximate surface area is 178 Å². The number of fused-ring (bicyclic) bond motifs is 2. The molecule has 1 N–H and O–H groups in total. The molecule has 0 unspecified atom stereocenters. The number of amides is 1. The summed E-state index contributed by atoms with van der Waals surface area (Å²) >= 11 is 0. The van der Waals surface area contributed by atoms with Crippen molar-refractivity contribution in [2.75, 3.05) is 6.54 Å². The number of pyridine rings is 1. The van der Waals surface area contributed by atoms with Gasteiger partial charge in [-0.05, 0) is 70.2 Å². The summed E-state index contributed by atoms with van der Waals surface area (Å²) in [7, 11) is 0. The van der Waals surface area contributed by atoms with E-state index in [0.717, 1.165) is 36.0 Å². The number of carbonyl (C=O) groups is 1. The van der Waals surface area contributed by atoms with Gasteiger partial charge in [0.1, 0.15) is 11.4 Å². The van der Waals surface area contributed by atoms with Crippen LogP contribution in [-0.4, -0.2) is 40.2 Å². The summed E-state index contributed by atoms with van der Waals surface area (Å²) in [5, 5.41) is 4.29. The molecule has 1 aromatic carbocycles. The summed E-state index contributed by atoms with van der Waals surface area (Å²) < 4.78 is 19.1. The van der Waals surface area contributed by atoms with Crippen molar-refractivity contribution in [2.45, 2.75) is 77.1 Å². The Hall–Kier alpha value is -2.21. The standard InChI is InChI=1S/C24H32FN3O2/c1-24(2,3)30-23(29)28-20(13-17-6-4-5-7-22(17)28)15-26-14-19-10-8-16-12-18(25)9-11-21(16)27-19/h8-12,17,20,22,26H,4-7,13-15H2,1-3H3/t17-,20-,22-/m0/s1. The number of hydrogen-bond acceptors (Lipinski definition) is 4. The number of benzene rings is 1. The lowest BCUT2D eigenvalue weighted by Crippen LogP contribution is -2.48. The molecule has 1 aliphatic heterocycles. The Balaban J connectivity index is 1.41. The van der Waals surface area contributed by atoms with Gasteiger partial charge in [-0.25, -0.2) is 9.18 Å². The van der Waals surface area contributed by atoms with Crippen LogP contribution in [0.2, 0.25) is 0 Å². The van der Waals surface area contributed by atoms with Crippen molar-refractivity contribution in [3.8, 4) is 0 Å². The van der Waals surface area contributed by atoms with Crippen LogP contribution in [0.3, 0.4) is 0 Å². The Bertz CT molecular complexity index is 911. The van der Waals surface area contributed by atoms with Crippen LogP contribution >= 0.6 is 0 Å². The molecule has 162 valence electrons. The van der Waals surface area contributed by atoms with Gasteiger partial charge in [-0.1, -0.05) is 18.9 Å². The lowest BCUT2D eigenvalue weighted by atomic mass is 9.85. The molecule has 0 radical (unpaired) electrons. The van der Waals surface area contributed by atoms with E-state index in [-0.39, 0.29) is 18.0 Å². The summed E-state index contributed by atoms with van der Waals surface area (Å²) in [6.45, 7) is 7.09. The van der Waals surface area contributed by atoms with Gasteiger partial charge in [0, 0.05) is 30.6 Å². The van der Waals surface area contributed by atoms with E-state index in [0.29, 0.717) is 18.5 Å². The molecule has 2 heterocycles. The predicted octanol–water partition coefficient (Wildman–Crippen LogP) is 5.03. The average Bonchev–Trinajstić information content (AvgIpc) is 3.05. The molecule has 3 atom stereocenters. The number of nitrogens with zero attached hydrogens (tertiary/aromatic N) is 2. The van der Waals surface area contributed by atoms with Crippen molar-refractivity contribution in [3.05, 3.63) is 41.8 Å². The van der Waals surface area contributed by atoms with Gasteiger partial charge in [-0.3, -0.25) is 4.98 Å². The maximum atomic E-state index is 13.4. The fraction of sp³-hybridized carbons (Fsp3) is 0.583. The van der Waals surface area contributed by atoms with Gasteiger partial charge in [0.05, 0.1) is 11.2 Å². The Kier molecular flexibility index (Phi) is 5.96. The largest absolute Gasteiger partial charge is 0.444 e. The van der Waals surface area contributed by atoms with Crippen LogP contribution in [-0.2, 0) is 11.3 Å². The van der Waals surface area contributed by atoms with E-state index in [2.05, 4.69) is 10.3 Å². The molecule has 1 amide bonds.